The summed E-state index contributed by atoms with van der Waals surface area (Å²) in [6.45, 7) is 1.35. The van der Waals surface area contributed by atoms with Gasteiger partial charge in [-0.3, -0.25) is 19.5 Å². The second-order valence-corrected chi connectivity index (χ2v) is 9.84. The Kier molecular flexibility index (Phi) is 5.45. The van der Waals surface area contributed by atoms with Gasteiger partial charge in [0.1, 0.15) is 11.9 Å². The van der Waals surface area contributed by atoms with E-state index < -0.39 is 11.9 Å². The number of carbonyl (C=O) groups excluding carboxylic acids is 2. The van der Waals surface area contributed by atoms with Crippen molar-refractivity contribution in [3.05, 3.63) is 58.3 Å². The number of hydrogen-bond donors (Lipinski definition) is 2. The summed E-state index contributed by atoms with van der Waals surface area (Å²) in [6, 6.07) is 8.32. The highest BCUT2D eigenvalue weighted by atomic mass is 32.2. The minimum absolute atomic E-state index is 0.0587. The third-order valence-corrected chi connectivity index (χ3v) is 7.65. The predicted octanol–water partition coefficient (Wildman–Crippen LogP) is 3.03. The van der Waals surface area contributed by atoms with Crippen LogP contribution in [0.25, 0.3) is 11.0 Å². The molecule has 11 heteroatoms. The van der Waals surface area contributed by atoms with Gasteiger partial charge < -0.3 is 19.9 Å². The van der Waals surface area contributed by atoms with Crippen LogP contribution in [-0.4, -0.2) is 46.5 Å². The van der Waals surface area contributed by atoms with Crippen LogP contribution in [0.4, 0.5) is 20.6 Å². The summed E-state index contributed by atoms with van der Waals surface area (Å²) in [7, 11) is 0. The molecule has 0 spiro atoms. The van der Waals surface area contributed by atoms with Crippen LogP contribution < -0.4 is 21.1 Å². The summed E-state index contributed by atoms with van der Waals surface area (Å²) in [5.41, 5.74) is 2.85. The highest BCUT2D eigenvalue weighted by Crippen LogP contribution is 2.36. The first-order chi connectivity index (χ1) is 17.0. The van der Waals surface area contributed by atoms with E-state index in [1.165, 1.54) is 24.0 Å². The quantitative estimate of drug-likeness (QED) is 0.507. The molecule has 1 saturated heterocycles. The van der Waals surface area contributed by atoms with Crippen molar-refractivity contribution >= 4 is 46.2 Å². The molecule has 1 fully saturated rings. The van der Waals surface area contributed by atoms with Gasteiger partial charge in [0.25, 0.3) is 5.56 Å². The molecule has 5 heterocycles. The van der Waals surface area contributed by atoms with Crippen LogP contribution in [0.15, 0.2) is 46.2 Å². The van der Waals surface area contributed by atoms with Gasteiger partial charge in [0.2, 0.25) is 5.91 Å². The molecule has 3 aliphatic rings. The number of carbonyl (C=O) groups is 2. The molecule has 2 N–H and O–H groups in total. The Hall–Kier alpha value is -3.44. The van der Waals surface area contributed by atoms with E-state index >= 15 is 0 Å². The molecule has 35 heavy (non-hydrogen) atoms. The van der Waals surface area contributed by atoms with Crippen molar-refractivity contribution in [2.45, 2.75) is 36.4 Å². The fourth-order valence-electron chi connectivity index (χ4n) is 4.94. The molecule has 0 saturated carbocycles. The van der Waals surface area contributed by atoms with Crippen molar-refractivity contribution in [2.24, 2.45) is 0 Å². The molecule has 3 aromatic rings. The molecule has 3 aliphatic heterocycles. The van der Waals surface area contributed by atoms with Crippen LogP contribution >= 0.6 is 11.8 Å². The van der Waals surface area contributed by atoms with Crippen molar-refractivity contribution in [1.82, 2.24) is 14.9 Å². The monoisotopic (exact) mass is 495 g/mol. The van der Waals surface area contributed by atoms with Crippen LogP contribution in [0, 0.1) is 5.82 Å². The second-order valence-electron chi connectivity index (χ2n) is 8.82. The van der Waals surface area contributed by atoms with E-state index in [1.807, 2.05) is 12.1 Å². The van der Waals surface area contributed by atoms with Crippen molar-refractivity contribution in [2.75, 3.05) is 29.1 Å². The van der Waals surface area contributed by atoms with Gasteiger partial charge in [-0.25, -0.2) is 9.18 Å². The lowest BCUT2D eigenvalue weighted by molar-refractivity contribution is -0.113. The number of nitrogens with zero attached hydrogens (tertiary/aromatic N) is 3. The highest BCUT2D eigenvalue weighted by Gasteiger charge is 2.33. The number of amides is 2. The first kappa shape index (κ1) is 22.1. The van der Waals surface area contributed by atoms with E-state index in [0.717, 1.165) is 4.90 Å². The fraction of sp³-hybridized carbons (Fsp3) is 0.333. The number of halogens is 1. The molecule has 2 amide bonds. The summed E-state index contributed by atoms with van der Waals surface area (Å²) in [5.74, 6) is -0.0974. The fourth-order valence-corrected chi connectivity index (χ4v) is 5.73. The SMILES string of the molecule is O=C1CSc2ccc(N3C[C@H](CCCNC4Cn5c(=O)ccc6ncc(F)c4c65)OC3=O)cc2N1. The Balaban J connectivity index is 1.06. The molecule has 0 aliphatic carbocycles. The number of pyridine rings is 2. The number of ether oxygens (including phenoxy) is 1. The standard InChI is InChI=1S/C24H22FN5O4S/c25-15-9-27-16-4-6-21(32)30-11-18(22(15)23(16)30)26-7-1-2-14-10-29(24(33)34-14)13-3-5-19-17(8-13)28-20(31)12-35-19/h3-6,8-9,14,18,26H,1-2,7,10-12H2,(H,28,31)/t14-,18?/m0/s1. The number of fused-ring (bicyclic) bond motifs is 1. The van der Waals surface area contributed by atoms with E-state index in [4.69, 9.17) is 4.74 Å². The highest BCUT2D eigenvalue weighted by molar-refractivity contribution is 8.00. The van der Waals surface area contributed by atoms with Gasteiger partial charge in [0.15, 0.2) is 0 Å². The number of benzene rings is 1. The summed E-state index contributed by atoms with van der Waals surface area (Å²) in [5, 5.41) is 6.19. The van der Waals surface area contributed by atoms with E-state index in [1.54, 1.807) is 21.6 Å². The molecule has 6 rings (SSSR count). The Morgan fingerprint density at radius 2 is 2.09 bits per heavy atom. The summed E-state index contributed by atoms with van der Waals surface area (Å²) < 4.78 is 21.7. The molecule has 0 radical (unpaired) electrons. The number of anilines is 2. The first-order valence-electron chi connectivity index (χ1n) is 11.4. The van der Waals surface area contributed by atoms with E-state index in [0.29, 0.717) is 66.2 Å². The van der Waals surface area contributed by atoms with Gasteiger partial charge in [0, 0.05) is 28.8 Å². The first-order valence-corrected chi connectivity index (χ1v) is 12.4. The molecule has 180 valence electrons. The number of cyclic esters (lactones) is 1. The number of aromatic nitrogens is 2. The molecule has 0 bridgehead atoms. The number of nitrogens with one attached hydrogen (secondary N) is 2. The minimum atomic E-state index is -0.424. The molecule has 1 aromatic carbocycles. The smallest absolute Gasteiger partial charge is 0.414 e. The van der Waals surface area contributed by atoms with E-state index in [9.17, 15) is 18.8 Å². The number of thioether (sulfide) groups is 1. The molecular weight excluding hydrogens is 473 g/mol. The van der Waals surface area contributed by atoms with Crippen LogP contribution in [-0.2, 0) is 16.1 Å². The third kappa shape index (κ3) is 3.94. The summed E-state index contributed by atoms with van der Waals surface area (Å²) in [4.78, 5) is 43.1. The van der Waals surface area contributed by atoms with Crippen LogP contribution in [0.3, 0.4) is 0 Å². The van der Waals surface area contributed by atoms with Crippen molar-refractivity contribution < 1.29 is 18.7 Å². The van der Waals surface area contributed by atoms with Gasteiger partial charge >= 0.3 is 6.09 Å². The zero-order valence-electron chi connectivity index (χ0n) is 18.6. The Morgan fingerprint density at radius 3 is 2.97 bits per heavy atom. The second kappa shape index (κ2) is 8.65. The maximum absolute atomic E-state index is 14.6. The number of rotatable bonds is 6. The van der Waals surface area contributed by atoms with Gasteiger partial charge in [-0.05, 0) is 43.7 Å². The molecular formula is C24H22FN5O4S. The van der Waals surface area contributed by atoms with Crippen LogP contribution in [0.5, 0.6) is 0 Å². The number of hydrogen-bond acceptors (Lipinski definition) is 7. The molecule has 9 nitrogen and oxygen atoms in total. The molecule has 2 aromatic heterocycles. The van der Waals surface area contributed by atoms with E-state index in [-0.39, 0.29) is 23.6 Å². The Bertz CT molecular complexity index is 1430. The average molecular weight is 496 g/mol. The van der Waals surface area contributed by atoms with Crippen LogP contribution in [0.2, 0.25) is 0 Å². The Labute approximate surface area is 203 Å². The maximum atomic E-state index is 14.6. The van der Waals surface area contributed by atoms with Gasteiger partial charge in [0.05, 0.1) is 41.3 Å². The minimum Gasteiger partial charge on any atom is -0.444 e. The predicted molar refractivity (Wildman–Crippen MR) is 129 cm³/mol. The lowest BCUT2D eigenvalue weighted by Crippen LogP contribution is -2.27. The van der Waals surface area contributed by atoms with Gasteiger partial charge in [-0.15, -0.1) is 11.8 Å². The summed E-state index contributed by atoms with van der Waals surface area (Å²) in [6.07, 6.45) is 1.87. The van der Waals surface area contributed by atoms with Crippen molar-refractivity contribution in [3.63, 3.8) is 0 Å². The summed E-state index contributed by atoms with van der Waals surface area (Å²) >= 11 is 1.47. The maximum Gasteiger partial charge on any atom is 0.414 e. The van der Waals surface area contributed by atoms with Gasteiger partial charge in [-0.1, -0.05) is 0 Å². The van der Waals surface area contributed by atoms with Crippen LogP contribution in [0.1, 0.15) is 24.4 Å². The third-order valence-electron chi connectivity index (χ3n) is 6.58. The average Bonchev–Trinajstić information content (AvgIpc) is 3.42. The van der Waals surface area contributed by atoms with Gasteiger partial charge in [-0.2, -0.15) is 0 Å². The normalized spacial score (nSPS) is 20.8. The Morgan fingerprint density at radius 1 is 1.20 bits per heavy atom. The van der Waals surface area contributed by atoms with E-state index in [2.05, 4.69) is 15.6 Å². The zero-order valence-corrected chi connectivity index (χ0v) is 19.4. The lowest BCUT2D eigenvalue weighted by atomic mass is 10.1. The lowest BCUT2D eigenvalue weighted by Gasteiger charge is -2.20. The topological polar surface area (TPSA) is 106 Å². The molecule has 1 unspecified atom stereocenters. The van der Waals surface area contributed by atoms with Crippen molar-refractivity contribution in [1.29, 1.82) is 0 Å². The zero-order chi connectivity index (χ0) is 24.1. The van der Waals surface area contributed by atoms with Crippen molar-refractivity contribution in [3.8, 4) is 0 Å². The largest absolute Gasteiger partial charge is 0.444 e. The molecule has 2 atom stereocenters.